The number of methoxy groups -OCH3 is 1. The summed E-state index contributed by atoms with van der Waals surface area (Å²) < 4.78 is 11.1. The Morgan fingerprint density at radius 1 is 1.04 bits per heavy atom. The predicted molar refractivity (Wildman–Crippen MR) is 91.9 cm³/mol. The first-order valence-electron chi connectivity index (χ1n) is 7.87. The summed E-state index contributed by atoms with van der Waals surface area (Å²) in [4.78, 5) is 0. The summed E-state index contributed by atoms with van der Waals surface area (Å²) in [6.45, 7) is 5.12. The maximum atomic E-state index is 10.1. The summed E-state index contributed by atoms with van der Waals surface area (Å²) in [7, 11) is 1.64. The van der Waals surface area contributed by atoms with Crippen molar-refractivity contribution in [3.8, 4) is 11.5 Å². The summed E-state index contributed by atoms with van der Waals surface area (Å²) in [5.41, 5.74) is 2.00. The Kier molecular flexibility index (Phi) is 6.44. The smallest absolute Gasteiger partial charge is 0.161 e. The van der Waals surface area contributed by atoms with Gasteiger partial charge in [-0.25, -0.2) is 0 Å². The zero-order chi connectivity index (χ0) is 16.7. The van der Waals surface area contributed by atoms with E-state index in [1.807, 2.05) is 62.4 Å². The monoisotopic (exact) mass is 315 g/mol. The molecule has 4 heteroatoms. The lowest BCUT2D eigenvalue weighted by Crippen LogP contribution is -2.21. The second kappa shape index (κ2) is 8.56. The Morgan fingerprint density at radius 2 is 1.78 bits per heavy atom. The van der Waals surface area contributed by atoms with E-state index in [1.165, 1.54) is 0 Å². The predicted octanol–water partition coefficient (Wildman–Crippen LogP) is 3.31. The third-order valence-electron chi connectivity index (χ3n) is 3.44. The molecule has 4 nitrogen and oxygen atoms in total. The molecule has 0 spiro atoms. The lowest BCUT2D eigenvalue weighted by molar-refractivity contribution is 0.174. The molecule has 0 aliphatic heterocycles. The summed E-state index contributed by atoms with van der Waals surface area (Å²) >= 11 is 0. The number of hydrogen-bond donors (Lipinski definition) is 2. The first-order valence-corrected chi connectivity index (χ1v) is 7.87. The molecule has 2 rings (SSSR count). The molecule has 0 saturated heterocycles. The van der Waals surface area contributed by atoms with Crippen molar-refractivity contribution in [2.24, 2.45) is 0 Å². The zero-order valence-electron chi connectivity index (χ0n) is 14.0. The quantitative estimate of drug-likeness (QED) is 0.785. The molecular formula is C19H25NO3. The Labute approximate surface area is 138 Å². The molecule has 1 atom stereocenters. The second-order valence-electron chi connectivity index (χ2n) is 5.71. The van der Waals surface area contributed by atoms with Crippen LogP contribution in [0.15, 0.2) is 48.5 Å². The second-order valence-corrected chi connectivity index (χ2v) is 5.71. The molecule has 2 aromatic rings. The third-order valence-corrected chi connectivity index (χ3v) is 3.44. The normalized spacial score (nSPS) is 12.2. The Hall–Kier alpha value is -2.04. The van der Waals surface area contributed by atoms with Gasteiger partial charge in [-0.1, -0.05) is 36.4 Å². The fourth-order valence-corrected chi connectivity index (χ4v) is 2.32. The molecule has 0 aromatic heterocycles. The molecule has 0 bridgehead atoms. The van der Waals surface area contributed by atoms with Crippen LogP contribution in [0.3, 0.4) is 0 Å². The molecule has 23 heavy (non-hydrogen) atoms. The van der Waals surface area contributed by atoms with Gasteiger partial charge in [-0.3, -0.25) is 0 Å². The van der Waals surface area contributed by atoms with E-state index in [1.54, 1.807) is 7.11 Å². The zero-order valence-corrected chi connectivity index (χ0v) is 14.0. The van der Waals surface area contributed by atoms with Crippen molar-refractivity contribution < 1.29 is 14.6 Å². The van der Waals surface area contributed by atoms with Crippen molar-refractivity contribution in [3.63, 3.8) is 0 Å². The Balaban J connectivity index is 1.90. The van der Waals surface area contributed by atoms with Crippen LogP contribution in [0.5, 0.6) is 11.5 Å². The summed E-state index contributed by atoms with van der Waals surface area (Å²) in [6.07, 6.45) is -0.407. The number of aliphatic hydroxyl groups excluding tert-OH is 1. The minimum Gasteiger partial charge on any atom is -0.493 e. The lowest BCUT2D eigenvalue weighted by atomic mass is 10.1. The van der Waals surface area contributed by atoms with E-state index in [9.17, 15) is 5.11 Å². The van der Waals surface area contributed by atoms with E-state index in [0.717, 1.165) is 22.6 Å². The minimum atomic E-state index is -0.512. The van der Waals surface area contributed by atoms with E-state index < -0.39 is 6.10 Å². The summed E-state index contributed by atoms with van der Waals surface area (Å²) in [5.74, 6) is 1.47. The van der Waals surface area contributed by atoms with E-state index >= 15 is 0 Å². The number of rotatable bonds is 8. The van der Waals surface area contributed by atoms with Crippen LogP contribution in [0, 0.1) is 0 Å². The first kappa shape index (κ1) is 17.3. The summed E-state index contributed by atoms with van der Waals surface area (Å²) in [6, 6.07) is 15.5. The number of aliphatic hydroxyl groups is 1. The highest BCUT2D eigenvalue weighted by Crippen LogP contribution is 2.29. The van der Waals surface area contributed by atoms with Gasteiger partial charge in [-0.2, -0.15) is 0 Å². The van der Waals surface area contributed by atoms with Gasteiger partial charge in [0.05, 0.1) is 19.3 Å². The molecule has 0 heterocycles. The molecule has 2 aromatic carbocycles. The van der Waals surface area contributed by atoms with Crippen molar-refractivity contribution in [2.75, 3.05) is 13.7 Å². The Bertz CT molecular complexity index is 599. The maximum absolute atomic E-state index is 10.1. The highest BCUT2D eigenvalue weighted by atomic mass is 16.5. The van der Waals surface area contributed by atoms with Crippen LogP contribution in [0.2, 0.25) is 0 Å². The van der Waals surface area contributed by atoms with Crippen molar-refractivity contribution in [1.29, 1.82) is 0 Å². The highest BCUT2D eigenvalue weighted by molar-refractivity contribution is 5.43. The number of nitrogens with one attached hydrogen (secondary N) is 1. The highest BCUT2D eigenvalue weighted by Gasteiger charge is 2.09. The molecular weight excluding hydrogens is 290 g/mol. The molecule has 1 unspecified atom stereocenters. The average molecular weight is 315 g/mol. The molecule has 0 aliphatic carbocycles. The van der Waals surface area contributed by atoms with Gasteiger partial charge < -0.3 is 19.9 Å². The molecule has 2 N–H and O–H groups in total. The first-order chi connectivity index (χ1) is 11.1. The van der Waals surface area contributed by atoms with Gasteiger partial charge in [0.25, 0.3) is 0 Å². The van der Waals surface area contributed by atoms with Gasteiger partial charge in [-0.15, -0.1) is 0 Å². The van der Waals surface area contributed by atoms with Crippen LogP contribution >= 0.6 is 0 Å². The van der Waals surface area contributed by atoms with Crippen LogP contribution < -0.4 is 14.8 Å². The number of ether oxygens (including phenoxy) is 2. The van der Waals surface area contributed by atoms with Gasteiger partial charge in [0, 0.05) is 13.1 Å². The maximum Gasteiger partial charge on any atom is 0.161 e. The van der Waals surface area contributed by atoms with Gasteiger partial charge >= 0.3 is 0 Å². The van der Waals surface area contributed by atoms with Crippen LogP contribution in [-0.2, 0) is 6.54 Å². The Morgan fingerprint density at radius 3 is 2.43 bits per heavy atom. The average Bonchev–Trinajstić information content (AvgIpc) is 2.56. The van der Waals surface area contributed by atoms with E-state index in [4.69, 9.17) is 9.47 Å². The van der Waals surface area contributed by atoms with E-state index in [-0.39, 0.29) is 6.10 Å². The third kappa shape index (κ3) is 5.27. The van der Waals surface area contributed by atoms with Crippen LogP contribution in [0.25, 0.3) is 0 Å². The molecule has 124 valence electrons. The molecule has 0 amide bonds. The van der Waals surface area contributed by atoms with Crippen molar-refractivity contribution >= 4 is 0 Å². The van der Waals surface area contributed by atoms with Crippen molar-refractivity contribution in [3.05, 3.63) is 59.7 Å². The fourth-order valence-electron chi connectivity index (χ4n) is 2.32. The standard InChI is InChI=1S/C19H25NO3/c1-14(2)23-18-10-9-15(11-19(18)22-3)12-20-13-17(21)16-7-5-4-6-8-16/h4-11,14,17,20-21H,12-13H2,1-3H3. The number of hydrogen-bond acceptors (Lipinski definition) is 4. The van der Waals surface area contributed by atoms with Gasteiger partial charge in [-0.05, 0) is 37.1 Å². The van der Waals surface area contributed by atoms with Gasteiger partial charge in [0.2, 0.25) is 0 Å². The molecule has 0 fully saturated rings. The van der Waals surface area contributed by atoms with E-state index in [0.29, 0.717) is 13.1 Å². The lowest BCUT2D eigenvalue weighted by Gasteiger charge is -2.15. The number of benzene rings is 2. The summed E-state index contributed by atoms with van der Waals surface area (Å²) in [5, 5.41) is 13.4. The minimum absolute atomic E-state index is 0.105. The molecule has 0 aliphatic rings. The van der Waals surface area contributed by atoms with Crippen LogP contribution in [-0.4, -0.2) is 24.9 Å². The van der Waals surface area contributed by atoms with E-state index in [2.05, 4.69) is 5.32 Å². The fraction of sp³-hybridized carbons (Fsp3) is 0.368. The van der Waals surface area contributed by atoms with Gasteiger partial charge in [0.15, 0.2) is 11.5 Å². The van der Waals surface area contributed by atoms with Crippen molar-refractivity contribution in [2.45, 2.75) is 32.6 Å². The largest absolute Gasteiger partial charge is 0.493 e. The molecule has 0 saturated carbocycles. The topological polar surface area (TPSA) is 50.7 Å². The van der Waals surface area contributed by atoms with Crippen molar-refractivity contribution in [1.82, 2.24) is 5.32 Å². The van der Waals surface area contributed by atoms with Gasteiger partial charge in [0.1, 0.15) is 0 Å². The SMILES string of the molecule is COc1cc(CNCC(O)c2ccccc2)ccc1OC(C)C. The van der Waals surface area contributed by atoms with Crippen LogP contribution in [0.4, 0.5) is 0 Å². The molecule has 0 radical (unpaired) electrons. The van der Waals surface area contributed by atoms with Crippen LogP contribution in [0.1, 0.15) is 31.1 Å².